The second kappa shape index (κ2) is 71.6. The van der Waals surface area contributed by atoms with Gasteiger partial charge in [0.2, 0.25) is 0 Å². The Balaban J connectivity index is 0.000000819. The summed E-state index contributed by atoms with van der Waals surface area (Å²) in [5, 5.41) is 25.5. The van der Waals surface area contributed by atoms with Gasteiger partial charge in [0, 0.05) is 117 Å². The summed E-state index contributed by atoms with van der Waals surface area (Å²) in [5.41, 5.74) is 0.710. The molecule has 0 spiro atoms. The number of Topliss-reactive ketones (excluding diaryl/α,β-unsaturated/α-hetero) is 2. The molecule has 14 bridgehead atoms. The van der Waals surface area contributed by atoms with E-state index in [9.17, 15) is 65.0 Å². The first-order chi connectivity index (χ1) is 66.7. The zero-order valence-electron chi connectivity index (χ0n) is 81.1. The van der Waals surface area contributed by atoms with Crippen LogP contribution in [0.3, 0.4) is 0 Å². The molecule has 20 rings (SSSR count). The monoisotopic (exact) mass is 3590 g/mol. The van der Waals surface area contributed by atoms with Crippen molar-refractivity contribution in [2.45, 2.75) is 311 Å². The summed E-state index contributed by atoms with van der Waals surface area (Å²) in [7, 11) is 20.0. The second-order valence-electron chi connectivity index (χ2n) is 35.5. The first-order valence-corrected chi connectivity index (χ1v) is 79.2. The average molecular weight is 3590 g/mol. The summed E-state index contributed by atoms with van der Waals surface area (Å²) in [4.78, 5) is 122. The number of nitrogens with one attached hydrogen (secondary N) is 1. The van der Waals surface area contributed by atoms with Crippen LogP contribution in [0.4, 0.5) is 31.0 Å². The number of piperidine rings is 6. The number of ketones is 2. The molecule has 54 heteroatoms. The predicted octanol–water partition coefficient (Wildman–Crippen LogP) is 22.0. The number of aromatic nitrogens is 12. The van der Waals surface area contributed by atoms with E-state index in [0.717, 1.165) is 120 Å². The Labute approximate surface area is 1030 Å². The van der Waals surface area contributed by atoms with E-state index in [0.29, 0.717) is 106 Å². The Kier molecular flexibility index (Phi) is 70.6. The van der Waals surface area contributed by atoms with Gasteiger partial charge in [-0.25, -0.2) is 59.6 Å². The third-order valence-corrected chi connectivity index (χ3v) is 29.0. The van der Waals surface area contributed by atoms with Crippen molar-refractivity contribution in [3.63, 3.8) is 0 Å². The number of hydrogen-bond donors (Lipinski definition) is 2. The Morgan fingerprint density at radius 3 is 1.52 bits per heavy atom. The van der Waals surface area contributed by atoms with Gasteiger partial charge in [-0.15, -0.1) is 24.0 Å². The molecule has 6 aromatic rings. The first kappa shape index (κ1) is 143. The van der Waals surface area contributed by atoms with Gasteiger partial charge in [-0.1, -0.05) is 186 Å². The number of methoxy groups -OCH3 is 5. The Hall–Kier alpha value is 1.93. The van der Waals surface area contributed by atoms with Gasteiger partial charge in [0.05, 0.1) is 72.9 Å². The molecule has 0 radical (unpaired) electrons. The number of esters is 5. The van der Waals surface area contributed by atoms with Gasteiger partial charge in [-0.3, -0.25) is 62.9 Å². The number of alkyl halides is 13. The second-order valence-corrected chi connectivity index (χ2v) is 98.0. The van der Waals surface area contributed by atoms with Crippen LogP contribution < -0.4 is 5.32 Å². The number of ether oxygens (including phenoxy) is 5. The fourth-order valence-electron chi connectivity index (χ4n) is 22.3. The fourth-order valence-corrected chi connectivity index (χ4v) is 22.3. The Morgan fingerprint density at radius 2 is 0.979 bits per heavy atom. The Bertz CT molecular complexity index is 4950. The molecular formula is C91H142F7I13N19O13V2. The van der Waals surface area contributed by atoms with Crippen molar-refractivity contribution in [2.75, 3.05) is 90.1 Å². The average Bonchev–Trinajstić information content (AvgIpc) is 1.51. The van der Waals surface area contributed by atoms with E-state index in [4.69, 9.17) is 18.9 Å². The van der Waals surface area contributed by atoms with Gasteiger partial charge < -0.3 is 34.1 Å². The van der Waals surface area contributed by atoms with Crippen LogP contribution >= 0.6 is 282 Å². The van der Waals surface area contributed by atoms with Gasteiger partial charge >= 0.3 is 144 Å². The maximum atomic E-state index is 13.4. The number of aliphatic hydroxyl groups is 1. The molecule has 0 aliphatic carbocycles. The standard InChI is InChI=1S/C16H19F2N5O2.C13H15F2N5.C10H17NO3.C10H15NO3.C10H17NO2.C10H15NO2.C8H13NO.C7H6F2N4.CHI3.CH2I2.2CH3I.3CH4.FH.6HI.2V.H2/c1-22-9-3-4-11(22)16(6-5-9,14(24)25-2)12-7-10(13(17)18)21-15-19-8-20-23(12)15;14-12(15)10-5-11(20-13(19-10)16-6-17-20)8-3-1-7-2-4-9(8)18-7;2*1-11-6-3-4-7(11)9(8(12)5-6)10(13)14-2;2*1-11-7-3-5-8(10(12)13-2)9(11)6-4-7;1-9-6-2-3-7(9)5-8(10)4-6;1-4-2-5(6(8)9)12-7-10-3-11-13(4)7;2-1(3)4;2-1-3;2*1-2;;;;;;;;;;;;;/h7-9,11,13H,3-6H2,1-2H3;5-9,12,18H,1-4H2;6-9,12H,3-5H2,1-2H3;6-7,9H,3-5H2,1-2H3;7-9H,3-6H2,1-2H3;5,7,9H,3-4,6H2,1-2H3;6-7H,2-5H2,1H3;2-3,6H,1H3;1H;1H2;2*1H3;3*1H4;7*1H;;;1H/q;;;;;;;;;;;;;;;;;;;;;;+2;+3;/p-5. The Morgan fingerprint density at radius 1 is 0.538 bits per heavy atom. The number of carbonyl (C=O) groups is 7. The molecule has 20 atom stereocenters. The van der Waals surface area contributed by atoms with Crippen LogP contribution in [0, 0.1) is 24.7 Å². The van der Waals surface area contributed by atoms with Gasteiger partial charge in [-0.2, -0.15) is 30.2 Å². The predicted molar refractivity (Wildman–Crippen MR) is 658 cm³/mol. The maximum absolute atomic E-state index is 13.4. The zero-order valence-corrected chi connectivity index (χ0v) is 112. The molecule has 0 aromatic carbocycles. The molecule has 13 saturated heterocycles. The molecule has 6 aromatic heterocycles. The van der Waals surface area contributed by atoms with Crippen LogP contribution in [-0.4, -0.2) is 315 Å². The van der Waals surface area contributed by atoms with Crippen LogP contribution in [0.2, 0.25) is 0 Å². The molecule has 20 unspecified atom stereocenters. The summed E-state index contributed by atoms with van der Waals surface area (Å²) < 4.78 is 108. The molecule has 14 aliphatic rings. The topological polar surface area (TPSA) is 347 Å². The number of nitrogens with zero attached hydrogens (tertiary/aromatic N) is 18. The van der Waals surface area contributed by atoms with E-state index in [1.165, 1.54) is 123 Å². The number of hydrogen-bond acceptors (Lipinski definition) is 29. The van der Waals surface area contributed by atoms with Crippen LogP contribution in [0.25, 0.3) is 17.3 Å². The minimum absolute atomic E-state index is 0. The number of aryl methyl sites for hydroxylation is 1. The fraction of sp³-hybridized carbons (Fsp3) is 0.736. The number of fused-ring (bicyclic) bond motifs is 17. The third-order valence-electron chi connectivity index (χ3n) is 29.0. The summed E-state index contributed by atoms with van der Waals surface area (Å²) in [6.45, 7) is 1.68. The number of aliphatic hydroxyl groups excluding tert-OH is 1. The molecule has 829 valence electrons. The van der Waals surface area contributed by atoms with Crippen molar-refractivity contribution in [3.8, 4) is 0 Å². The van der Waals surface area contributed by atoms with Crippen LogP contribution in [-0.2, 0) is 77.0 Å². The van der Waals surface area contributed by atoms with Crippen molar-refractivity contribution < 1.29 is 109 Å². The molecule has 145 heavy (non-hydrogen) atoms. The molecule has 13 fully saturated rings. The molecule has 14 aliphatic heterocycles. The molecule has 0 saturated carbocycles. The summed E-state index contributed by atoms with van der Waals surface area (Å²) >= 11 is 27.9. The van der Waals surface area contributed by atoms with Crippen molar-refractivity contribution in [2.24, 2.45) is 17.8 Å². The number of halogens is 20. The van der Waals surface area contributed by atoms with Crippen LogP contribution in [0.15, 0.2) is 48.8 Å². The van der Waals surface area contributed by atoms with E-state index in [1.807, 2.05) is 37.1 Å². The first-order valence-electron chi connectivity index (χ1n) is 45.6. The van der Waals surface area contributed by atoms with Gasteiger partial charge in [-0.05, 0) is 219 Å². The van der Waals surface area contributed by atoms with E-state index >= 15 is 0 Å². The molecule has 0 amide bonds. The quantitative estimate of drug-likeness (QED) is 0.0321. The SMILES string of the molecule is C.C.C.CI.CI.CN1C2CCC1CC(=O)C2.COC(=O)C1(c2cc(C(F)F)nc3ncnn23)CCC2CCC1N2C.COC(=O)C1=CCC2CCC1N2C.COC(=O)C1C(=O)CC2CCC1N2C.COC(=O)C1C(O)CC2CCC1N2C.COC(=O)C1CCC2CCC1N2C.Cc1cc(C(F)F)nc2ncnn12.F.FC(F)c1cc(C2CCC3CCC2N3)n2ncnc2n1.I.IC(I)I.ICI.[HH].[I][V]([I])[I].[I][V][I]. The van der Waals surface area contributed by atoms with E-state index < -0.39 is 48.4 Å². The molecule has 20 heterocycles. The van der Waals surface area contributed by atoms with Crippen molar-refractivity contribution in [1.82, 2.24) is 93.5 Å². The van der Waals surface area contributed by atoms with Crippen molar-refractivity contribution in [3.05, 3.63) is 83.0 Å². The minimum atomic E-state index is -2.76. The number of likely N-dealkylation sites (N-methyl/N-ethyl adjacent to an activating group) is 2. The van der Waals surface area contributed by atoms with Gasteiger partial charge in [0.1, 0.15) is 58.9 Å². The summed E-state index contributed by atoms with van der Waals surface area (Å²) in [6, 6.07) is 9.70. The van der Waals surface area contributed by atoms with Crippen LogP contribution in [0.1, 0.15) is 244 Å². The summed E-state index contributed by atoms with van der Waals surface area (Å²) in [6.07, 6.45) is 22.3. The summed E-state index contributed by atoms with van der Waals surface area (Å²) in [5.74, 6) is -0.705. The van der Waals surface area contributed by atoms with Crippen molar-refractivity contribution in [1.29, 1.82) is 0 Å². The van der Waals surface area contributed by atoms with Gasteiger partial charge in [0.15, 0.2) is 0 Å². The van der Waals surface area contributed by atoms with Gasteiger partial charge in [0.25, 0.3) is 36.6 Å². The third kappa shape index (κ3) is 38.6. The number of rotatable bonds is 10. The molecule has 32 nitrogen and oxygen atoms in total. The van der Waals surface area contributed by atoms with E-state index in [1.54, 1.807) is 11.4 Å². The zero-order chi connectivity index (χ0) is 104. The normalized spacial score (nSPS) is 27.9. The van der Waals surface area contributed by atoms with E-state index in [2.05, 4.69) is 364 Å². The van der Waals surface area contributed by atoms with Crippen molar-refractivity contribution >= 4 is 341 Å². The molecule has 2 N–H and O–H groups in total. The van der Waals surface area contributed by atoms with Crippen LogP contribution in [0.5, 0.6) is 0 Å². The van der Waals surface area contributed by atoms with E-state index in [-0.39, 0.29) is 152 Å². The molecular weight excluding hydrogens is 3450 g/mol. The number of carbonyl (C=O) groups excluding carboxylic acids is 7.